The predicted molar refractivity (Wildman–Crippen MR) is 75.3 cm³/mol. The zero-order chi connectivity index (χ0) is 15.4. The number of hydrogen-bond donors (Lipinski definition) is 1. The van der Waals surface area contributed by atoms with E-state index in [1.54, 1.807) is 4.90 Å². The van der Waals surface area contributed by atoms with E-state index in [0.29, 0.717) is 19.2 Å². The summed E-state index contributed by atoms with van der Waals surface area (Å²) in [5.41, 5.74) is -0.712. The van der Waals surface area contributed by atoms with Crippen LogP contribution in [0.4, 0.5) is 15.8 Å². The highest BCUT2D eigenvalue weighted by Gasteiger charge is 2.25. The fourth-order valence-corrected chi connectivity index (χ4v) is 2.60. The second-order valence-electron chi connectivity index (χ2n) is 5.14. The van der Waals surface area contributed by atoms with Crippen molar-refractivity contribution in [2.75, 3.05) is 18.0 Å². The number of carboxylic acid groups (broad SMARTS) is 1. The van der Waals surface area contributed by atoms with Crippen LogP contribution in [0.15, 0.2) is 12.1 Å². The van der Waals surface area contributed by atoms with E-state index < -0.39 is 22.3 Å². The zero-order valence-electron chi connectivity index (χ0n) is 11.5. The Labute approximate surface area is 121 Å². The van der Waals surface area contributed by atoms with Gasteiger partial charge >= 0.3 is 5.97 Å². The number of anilines is 1. The standard InChI is InChI=1S/C14H17FN2O4/c15-11-9-13(17(20)21)12(8-10(11)14(18)19)16-6-4-2-1-3-5-7-16/h8-9H,1-7H2,(H,18,19). The Hall–Kier alpha value is -2.18. The molecule has 2 rings (SSSR count). The summed E-state index contributed by atoms with van der Waals surface area (Å²) < 4.78 is 13.6. The van der Waals surface area contributed by atoms with Crippen molar-refractivity contribution in [3.05, 3.63) is 33.6 Å². The molecule has 0 aliphatic carbocycles. The van der Waals surface area contributed by atoms with Gasteiger partial charge in [-0.25, -0.2) is 9.18 Å². The van der Waals surface area contributed by atoms with Gasteiger partial charge in [0.05, 0.1) is 16.6 Å². The Balaban J connectivity index is 2.45. The first-order valence-corrected chi connectivity index (χ1v) is 6.97. The van der Waals surface area contributed by atoms with Crippen molar-refractivity contribution < 1.29 is 19.2 Å². The fraction of sp³-hybridized carbons (Fsp3) is 0.500. The van der Waals surface area contributed by atoms with Crippen LogP contribution < -0.4 is 4.90 Å². The number of aromatic carboxylic acids is 1. The van der Waals surface area contributed by atoms with Crippen LogP contribution in [0.2, 0.25) is 0 Å². The number of nitro groups is 1. The number of carboxylic acids is 1. The van der Waals surface area contributed by atoms with Crippen molar-refractivity contribution in [2.24, 2.45) is 0 Å². The second kappa shape index (κ2) is 6.51. The molecule has 0 radical (unpaired) electrons. The number of benzene rings is 1. The number of nitro benzene ring substituents is 1. The molecule has 21 heavy (non-hydrogen) atoms. The molecule has 114 valence electrons. The number of rotatable bonds is 3. The van der Waals surface area contributed by atoms with E-state index in [4.69, 9.17) is 5.11 Å². The molecule has 1 aromatic rings. The van der Waals surface area contributed by atoms with Gasteiger partial charge in [0.2, 0.25) is 0 Å². The molecule has 0 amide bonds. The molecule has 1 aliphatic heterocycles. The first kappa shape index (κ1) is 15.2. The Morgan fingerprint density at radius 1 is 1.19 bits per heavy atom. The predicted octanol–water partition coefficient (Wildman–Crippen LogP) is 3.20. The van der Waals surface area contributed by atoms with Gasteiger partial charge < -0.3 is 10.0 Å². The molecule has 0 saturated carbocycles. The van der Waals surface area contributed by atoms with Gasteiger partial charge in [-0.15, -0.1) is 0 Å². The maximum Gasteiger partial charge on any atom is 0.338 e. The smallest absolute Gasteiger partial charge is 0.338 e. The molecule has 1 saturated heterocycles. The van der Waals surface area contributed by atoms with Gasteiger partial charge in [-0.3, -0.25) is 10.1 Å². The lowest BCUT2D eigenvalue weighted by atomic mass is 10.1. The summed E-state index contributed by atoms with van der Waals surface area (Å²) >= 11 is 0. The van der Waals surface area contributed by atoms with Crippen LogP contribution in [-0.2, 0) is 0 Å². The third-order valence-electron chi connectivity index (χ3n) is 3.69. The second-order valence-corrected chi connectivity index (χ2v) is 5.14. The van der Waals surface area contributed by atoms with Gasteiger partial charge in [0, 0.05) is 13.1 Å². The summed E-state index contributed by atoms with van der Waals surface area (Å²) in [5, 5.41) is 20.1. The lowest BCUT2D eigenvalue weighted by Gasteiger charge is -2.26. The normalized spacial score (nSPS) is 16.1. The van der Waals surface area contributed by atoms with Crippen LogP contribution in [0.3, 0.4) is 0 Å². The topological polar surface area (TPSA) is 83.7 Å². The maximum absolute atomic E-state index is 13.6. The van der Waals surface area contributed by atoms with Crippen molar-refractivity contribution in [3.8, 4) is 0 Å². The Bertz CT molecular complexity index is 554. The summed E-state index contributed by atoms with van der Waals surface area (Å²) in [5.74, 6) is -2.50. The lowest BCUT2D eigenvalue weighted by Crippen LogP contribution is -2.28. The highest BCUT2D eigenvalue weighted by molar-refractivity contribution is 5.90. The van der Waals surface area contributed by atoms with Crippen molar-refractivity contribution in [1.29, 1.82) is 0 Å². The van der Waals surface area contributed by atoms with Gasteiger partial charge in [-0.1, -0.05) is 19.3 Å². The molecule has 0 atom stereocenters. The average molecular weight is 296 g/mol. The van der Waals surface area contributed by atoms with Gasteiger partial charge in [0.1, 0.15) is 11.5 Å². The van der Waals surface area contributed by atoms with Gasteiger partial charge in [-0.2, -0.15) is 0 Å². The van der Waals surface area contributed by atoms with Gasteiger partial charge in [-0.05, 0) is 18.9 Å². The number of halogens is 1. The Morgan fingerprint density at radius 3 is 2.29 bits per heavy atom. The largest absolute Gasteiger partial charge is 0.478 e. The molecule has 0 unspecified atom stereocenters. The summed E-state index contributed by atoms with van der Waals surface area (Å²) in [6.45, 7) is 1.23. The Kier molecular flexibility index (Phi) is 4.72. The Morgan fingerprint density at radius 2 is 1.76 bits per heavy atom. The minimum Gasteiger partial charge on any atom is -0.478 e. The summed E-state index contributed by atoms with van der Waals surface area (Å²) in [4.78, 5) is 23.3. The molecule has 7 heteroatoms. The van der Waals surface area contributed by atoms with E-state index >= 15 is 0 Å². The van der Waals surface area contributed by atoms with Crippen LogP contribution in [0.5, 0.6) is 0 Å². The molecule has 1 fully saturated rings. The molecule has 0 spiro atoms. The fourth-order valence-electron chi connectivity index (χ4n) is 2.60. The number of hydrogen-bond acceptors (Lipinski definition) is 4. The van der Waals surface area contributed by atoms with Crippen molar-refractivity contribution in [1.82, 2.24) is 0 Å². The SMILES string of the molecule is O=C(O)c1cc(N2CCCCCCC2)c([N+](=O)[O-])cc1F. The number of carbonyl (C=O) groups is 1. The van der Waals surface area contributed by atoms with E-state index in [1.165, 1.54) is 0 Å². The van der Waals surface area contributed by atoms with Crippen LogP contribution in [-0.4, -0.2) is 29.1 Å². The van der Waals surface area contributed by atoms with Crippen molar-refractivity contribution >= 4 is 17.3 Å². The van der Waals surface area contributed by atoms with Gasteiger partial charge in [0.25, 0.3) is 5.69 Å². The van der Waals surface area contributed by atoms with Crippen LogP contribution in [0.1, 0.15) is 42.5 Å². The van der Waals surface area contributed by atoms with Crippen molar-refractivity contribution in [2.45, 2.75) is 32.1 Å². The first-order chi connectivity index (χ1) is 10.0. The first-order valence-electron chi connectivity index (χ1n) is 6.97. The molecule has 0 aromatic heterocycles. The maximum atomic E-state index is 13.6. The van der Waals surface area contributed by atoms with E-state index in [2.05, 4.69) is 0 Å². The van der Waals surface area contributed by atoms with Gasteiger partial charge in [0.15, 0.2) is 0 Å². The number of nitrogens with zero attached hydrogens (tertiary/aromatic N) is 2. The van der Waals surface area contributed by atoms with E-state index in [-0.39, 0.29) is 11.4 Å². The monoisotopic (exact) mass is 296 g/mol. The molecule has 1 aliphatic rings. The minimum atomic E-state index is -1.42. The van der Waals surface area contributed by atoms with Crippen LogP contribution >= 0.6 is 0 Å². The highest BCUT2D eigenvalue weighted by Crippen LogP contribution is 2.32. The molecule has 0 bridgehead atoms. The molecular weight excluding hydrogens is 279 g/mol. The van der Waals surface area contributed by atoms with Crippen molar-refractivity contribution in [3.63, 3.8) is 0 Å². The average Bonchev–Trinajstić information content (AvgIpc) is 2.38. The molecule has 1 aromatic carbocycles. The van der Waals surface area contributed by atoms with E-state index in [9.17, 15) is 19.3 Å². The summed E-state index contributed by atoms with van der Waals surface area (Å²) in [6, 6.07) is 1.79. The zero-order valence-corrected chi connectivity index (χ0v) is 11.5. The molecule has 6 nitrogen and oxygen atoms in total. The molecule has 1 heterocycles. The minimum absolute atomic E-state index is 0.195. The van der Waals surface area contributed by atoms with E-state index in [1.807, 2.05) is 0 Å². The third-order valence-corrected chi connectivity index (χ3v) is 3.69. The quantitative estimate of drug-likeness (QED) is 0.684. The lowest BCUT2D eigenvalue weighted by molar-refractivity contribution is -0.384. The van der Waals surface area contributed by atoms with Crippen LogP contribution in [0, 0.1) is 15.9 Å². The van der Waals surface area contributed by atoms with Crippen LogP contribution in [0.25, 0.3) is 0 Å². The van der Waals surface area contributed by atoms with E-state index in [0.717, 1.165) is 38.2 Å². The highest BCUT2D eigenvalue weighted by atomic mass is 19.1. The summed E-state index contributed by atoms with van der Waals surface area (Å²) in [7, 11) is 0. The summed E-state index contributed by atoms with van der Waals surface area (Å²) in [6.07, 6.45) is 4.99. The molecular formula is C14H17FN2O4. The molecule has 1 N–H and O–H groups in total. The third kappa shape index (κ3) is 3.48.